The number of carbonyl (C=O) groups is 1. The molecule has 1 amide bonds. The summed E-state index contributed by atoms with van der Waals surface area (Å²) in [5, 5.41) is 2.69. The van der Waals surface area contributed by atoms with Gasteiger partial charge in [-0.05, 0) is 62.1 Å². The highest BCUT2D eigenvalue weighted by Crippen LogP contribution is 2.33. The van der Waals surface area contributed by atoms with Crippen molar-refractivity contribution in [1.29, 1.82) is 0 Å². The Morgan fingerprint density at radius 2 is 1.88 bits per heavy atom. The molecular weight excluding hydrogens is 352 g/mol. The van der Waals surface area contributed by atoms with Gasteiger partial charge in [0.15, 0.2) is 0 Å². The van der Waals surface area contributed by atoms with E-state index in [1.54, 1.807) is 6.26 Å². The van der Waals surface area contributed by atoms with Crippen molar-refractivity contribution in [2.45, 2.75) is 30.9 Å². The normalized spacial score (nSPS) is 21.5. The van der Waals surface area contributed by atoms with Crippen molar-refractivity contribution in [2.24, 2.45) is 5.92 Å². The Morgan fingerprint density at radius 3 is 2.54 bits per heavy atom. The van der Waals surface area contributed by atoms with Crippen LogP contribution in [0.5, 0.6) is 0 Å². The van der Waals surface area contributed by atoms with Gasteiger partial charge in [0.05, 0.1) is 17.4 Å². The molecule has 1 saturated heterocycles. The summed E-state index contributed by atoms with van der Waals surface area (Å²) in [6, 6.07) is 11.1. The number of anilines is 1. The summed E-state index contributed by atoms with van der Waals surface area (Å²) in [5.41, 5.74) is 1.64. The number of furan rings is 1. The van der Waals surface area contributed by atoms with Crippen LogP contribution in [0, 0.1) is 5.92 Å². The fourth-order valence-electron chi connectivity index (χ4n) is 3.37. The summed E-state index contributed by atoms with van der Waals surface area (Å²) >= 11 is 0. The van der Waals surface area contributed by atoms with Gasteiger partial charge in [0.2, 0.25) is 15.9 Å². The first-order valence-electron chi connectivity index (χ1n) is 8.98. The van der Waals surface area contributed by atoms with Crippen molar-refractivity contribution < 1.29 is 17.6 Å². The van der Waals surface area contributed by atoms with Gasteiger partial charge < -0.3 is 9.73 Å². The Balaban J connectivity index is 1.39. The fraction of sp³-hybridized carbons (Fsp3) is 0.421. The highest BCUT2D eigenvalue weighted by atomic mass is 32.2. The molecule has 1 N–H and O–H groups in total. The van der Waals surface area contributed by atoms with E-state index in [9.17, 15) is 13.2 Å². The fourth-order valence-corrected chi connectivity index (χ4v) is 5.29. The van der Waals surface area contributed by atoms with E-state index >= 15 is 0 Å². The van der Waals surface area contributed by atoms with Crippen LogP contribution in [-0.2, 0) is 14.8 Å². The summed E-state index contributed by atoms with van der Waals surface area (Å²) in [5.74, 6) is 0.351. The maximum Gasteiger partial charge on any atom is 0.228 e. The molecule has 6 nitrogen and oxygen atoms in total. The van der Waals surface area contributed by atoms with Gasteiger partial charge in [-0.15, -0.1) is 0 Å². The van der Waals surface area contributed by atoms with Crippen LogP contribution in [0.3, 0.4) is 0 Å². The van der Waals surface area contributed by atoms with E-state index in [-0.39, 0.29) is 23.6 Å². The minimum Gasteiger partial charge on any atom is -0.464 e. The molecule has 26 heavy (non-hydrogen) atoms. The number of amides is 1. The van der Waals surface area contributed by atoms with Crippen molar-refractivity contribution in [3.05, 3.63) is 42.7 Å². The van der Waals surface area contributed by atoms with Crippen LogP contribution in [0.2, 0.25) is 0 Å². The monoisotopic (exact) mass is 374 g/mol. The molecule has 2 aromatic rings. The highest BCUT2D eigenvalue weighted by Gasteiger charge is 2.42. The van der Waals surface area contributed by atoms with Crippen LogP contribution >= 0.6 is 0 Å². The maximum atomic E-state index is 12.6. The summed E-state index contributed by atoms with van der Waals surface area (Å²) in [6.07, 6.45) is 4.55. The number of hydrogen-bond acceptors (Lipinski definition) is 4. The van der Waals surface area contributed by atoms with Crippen LogP contribution in [0.4, 0.5) is 5.69 Å². The quantitative estimate of drug-likeness (QED) is 0.872. The van der Waals surface area contributed by atoms with Gasteiger partial charge in [0, 0.05) is 24.3 Å². The molecule has 0 unspecified atom stereocenters. The van der Waals surface area contributed by atoms with Gasteiger partial charge >= 0.3 is 0 Å². The molecule has 1 aromatic heterocycles. The molecular formula is C19H22N2O4S. The minimum absolute atomic E-state index is 0.119. The van der Waals surface area contributed by atoms with E-state index < -0.39 is 10.0 Å². The molecule has 1 atom stereocenters. The Morgan fingerprint density at radius 1 is 1.12 bits per heavy atom. The smallest absolute Gasteiger partial charge is 0.228 e. The second kappa shape index (κ2) is 6.89. The first kappa shape index (κ1) is 17.3. The minimum atomic E-state index is -3.22. The van der Waals surface area contributed by atoms with Crippen molar-refractivity contribution in [1.82, 2.24) is 4.31 Å². The first-order valence-corrected chi connectivity index (χ1v) is 10.5. The van der Waals surface area contributed by atoms with Crippen molar-refractivity contribution in [3.8, 4) is 11.3 Å². The van der Waals surface area contributed by atoms with Gasteiger partial charge in [0.1, 0.15) is 5.76 Å². The number of nitrogens with zero attached hydrogens (tertiary/aromatic N) is 1. The highest BCUT2D eigenvalue weighted by molar-refractivity contribution is 7.90. The van der Waals surface area contributed by atoms with Gasteiger partial charge in [-0.3, -0.25) is 4.79 Å². The number of piperidine rings is 1. The molecule has 138 valence electrons. The first-order chi connectivity index (χ1) is 12.5. The second-order valence-electron chi connectivity index (χ2n) is 6.99. The third-order valence-corrected chi connectivity index (χ3v) is 7.38. The zero-order valence-electron chi connectivity index (χ0n) is 14.4. The molecule has 2 aliphatic rings. The Hall–Kier alpha value is -2.12. The predicted octanol–water partition coefficient (Wildman–Crippen LogP) is 3.09. The van der Waals surface area contributed by atoms with E-state index in [0.29, 0.717) is 18.7 Å². The van der Waals surface area contributed by atoms with Crippen molar-refractivity contribution in [2.75, 3.05) is 18.4 Å². The predicted molar refractivity (Wildman–Crippen MR) is 99.0 cm³/mol. The van der Waals surface area contributed by atoms with Crippen LogP contribution in [0.15, 0.2) is 47.1 Å². The number of nitrogens with one attached hydrogen (secondary N) is 1. The van der Waals surface area contributed by atoms with Gasteiger partial charge in [-0.25, -0.2) is 12.7 Å². The van der Waals surface area contributed by atoms with Gasteiger partial charge in [0.25, 0.3) is 0 Å². The maximum absolute atomic E-state index is 12.6. The summed E-state index contributed by atoms with van der Waals surface area (Å²) < 4.78 is 31.7. The van der Waals surface area contributed by atoms with E-state index in [4.69, 9.17) is 4.42 Å². The van der Waals surface area contributed by atoms with E-state index in [2.05, 4.69) is 5.32 Å². The topological polar surface area (TPSA) is 79.6 Å². The second-order valence-corrected chi connectivity index (χ2v) is 9.20. The molecule has 0 bridgehead atoms. The lowest BCUT2D eigenvalue weighted by atomic mass is 9.98. The standard InChI is InChI=1S/C19H22N2O4S/c22-19(15-3-1-11-21(13-15)26(23,24)17-9-10-17)20-16-7-5-14(6-8-16)18-4-2-12-25-18/h2,4-8,12,15,17H,1,3,9-11,13H2,(H,20,22)/t15-/m1/s1. The zero-order chi connectivity index (χ0) is 18.1. The number of benzene rings is 1. The lowest BCUT2D eigenvalue weighted by Crippen LogP contribution is -2.44. The van der Waals surface area contributed by atoms with E-state index in [1.165, 1.54) is 4.31 Å². The lowest BCUT2D eigenvalue weighted by molar-refractivity contribution is -0.120. The van der Waals surface area contributed by atoms with Gasteiger partial charge in [-0.1, -0.05) is 0 Å². The van der Waals surface area contributed by atoms with Crippen molar-refractivity contribution >= 4 is 21.6 Å². The number of sulfonamides is 1. The largest absolute Gasteiger partial charge is 0.464 e. The summed E-state index contributed by atoms with van der Waals surface area (Å²) in [6.45, 7) is 0.815. The van der Waals surface area contributed by atoms with Crippen LogP contribution in [-0.4, -0.2) is 37.0 Å². The third kappa shape index (κ3) is 3.54. The Kier molecular flexibility index (Phi) is 4.58. The van der Waals surface area contributed by atoms with E-state index in [1.807, 2.05) is 36.4 Å². The summed E-state index contributed by atoms with van der Waals surface area (Å²) in [4.78, 5) is 12.6. The van der Waals surface area contributed by atoms with Gasteiger partial charge in [-0.2, -0.15) is 0 Å². The molecule has 4 rings (SSSR count). The number of hydrogen-bond donors (Lipinski definition) is 1. The lowest BCUT2D eigenvalue weighted by Gasteiger charge is -2.31. The molecule has 1 saturated carbocycles. The molecule has 1 aromatic carbocycles. The zero-order valence-corrected chi connectivity index (χ0v) is 15.2. The SMILES string of the molecule is O=C(Nc1ccc(-c2ccco2)cc1)[C@@H]1CCCN(S(=O)(=O)C2CC2)C1. The molecule has 7 heteroatoms. The van der Waals surface area contributed by atoms with Crippen LogP contribution in [0.25, 0.3) is 11.3 Å². The molecule has 1 aliphatic carbocycles. The molecule has 0 radical (unpaired) electrons. The van der Waals surface area contributed by atoms with E-state index in [0.717, 1.165) is 30.6 Å². The van der Waals surface area contributed by atoms with Crippen LogP contribution in [0.1, 0.15) is 25.7 Å². The number of carbonyl (C=O) groups excluding carboxylic acids is 1. The average molecular weight is 374 g/mol. The molecule has 2 heterocycles. The molecule has 0 spiro atoms. The molecule has 2 fully saturated rings. The Bertz CT molecular complexity index is 871. The Labute approximate surface area is 153 Å². The number of rotatable bonds is 5. The molecule has 1 aliphatic heterocycles. The van der Waals surface area contributed by atoms with Crippen molar-refractivity contribution in [3.63, 3.8) is 0 Å². The average Bonchev–Trinajstić information content (AvgIpc) is 3.39. The van der Waals surface area contributed by atoms with Crippen LogP contribution < -0.4 is 5.32 Å². The third-order valence-electron chi connectivity index (χ3n) is 5.02. The summed E-state index contributed by atoms with van der Waals surface area (Å²) in [7, 11) is -3.22.